The third kappa shape index (κ3) is 6.42. The van der Waals surface area contributed by atoms with Crippen molar-refractivity contribution in [2.45, 2.75) is 28.0 Å². The minimum absolute atomic E-state index is 0.0539. The van der Waals surface area contributed by atoms with Crippen LogP contribution in [0.2, 0.25) is 0 Å². The van der Waals surface area contributed by atoms with Crippen LogP contribution >= 0.6 is 7.92 Å². The van der Waals surface area contributed by atoms with Crippen LogP contribution in [0.25, 0.3) is 0 Å². The van der Waals surface area contributed by atoms with Gasteiger partial charge in [0, 0.05) is 17.7 Å². The van der Waals surface area contributed by atoms with Gasteiger partial charge in [-0.15, -0.1) is 0 Å². The lowest BCUT2D eigenvalue weighted by molar-refractivity contribution is 0.462. The molecular formula is C22H20O9PS3. The van der Waals surface area contributed by atoms with Crippen LogP contribution in [-0.2, 0) is 36.8 Å². The molecule has 0 atom stereocenters. The highest BCUT2D eigenvalue weighted by molar-refractivity contribution is 7.86. The fourth-order valence-electron chi connectivity index (χ4n) is 3.43. The molecule has 3 rings (SSSR count). The Hall–Kier alpha value is -2.44. The first-order chi connectivity index (χ1) is 16.2. The Kier molecular flexibility index (Phi) is 7.97. The van der Waals surface area contributed by atoms with Gasteiger partial charge in [-0.1, -0.05) is 30.4 Å². The molecule has 0 bridgehead atoms. The molecule has 0 spiro atoms. The zero-order valence-corrected chi connectivity index (χ0v) is 21.5. The lowest BCUT2D eigenvalue weighted by Gasteiger charge is -2.16. The molecule has 0 unspecified atom stereocenters. The van der Waals surface area contributed by atoms with Crippen LogP contribution in [0.1, 0.15) is 12.5 Å². The third-order valence-corrected chi connectivity index (χ3v) is 10.0. The topological polar surface area (TPSA) is 166 Å². The van der Waals surface area contributed by atoms with E-state index in [9.17, 15) is 38.9 Å². The Morgan fingerprint density at radius 2 is 1.29 bits per heavy atom. The number of hydrogen-bond acceptors (Lipinski definition) is 7. The molecule has 0 amide bonds. The minimum Gasteiger partial charge on any atom is -0.744 e. The van der Waals surface area contributed by atoms with Crippen molar-refractivity contribution in [2.24, 2.45) is 0 Å². The second kappa shape index (κ2) is 10.3. The van der Waals surface area contributed by atoms with E-state index in [-0.39, 0.29) is 12.0 Å². The van der Waals surface area contributed by atoms with E-state index in [4.69, 9.17) is 0 Å². The fraction of sp³-hybridized carbons (Fsp3) is 0.0909. The number of allylic oxidation sites excluding steroid dienone is 2. The van der Waals surface area contributed by atoms with Crippen molar-refractivity contribution < 1.29 is 38.9 Å². The van der Waals surface area contributed by atoms with E-state index in [0.29, 0.717) is 15.9 Å². The average Bonchev–Trinajstić information content (AvgIpc) is 2.77. The maximum atomic E-state index is 12.0. The van der Waals surface area contributed by atoms with Gasteiger partial charge in [-0.2, -0.15) is 16.8 Å². The van der Waals surface area contributed by atoms with Gasteiger partial charge >= 0.3 is 0 Å². The Bertz CT molecular complexity index is 1540. The van der Waals surface area contributed by atoms with E-state index in [1.54, 1.807) is 25.1 Å². The molecule has 0 heterocycles. The van der Waals surface area contributed by atoms with Gasteiger partial charge in [-0.3, -0.25) is 9.11 Å². The van der Waals surface area contributed by atoms with Crippen molar-refractivity contribution in [1.29, 1.82) is 0 Å². The average molecular weight is 556 g/mol. The Morgan fingerprint density at radius 1 is 0.800 bits per heavy atom. The molecule has 13 heteroatoms. The fourth-order valence-corrected chi connectivity index (χ4v) is 8.05. The van der Waals surface area contributed by atoms with Crippen molar-refractivity contribution in [2.75, 3.05) is 0 Å². The molecule has 0 saturated heterocycles. The first kappa shape index (κ1) is 27.2. The molecule has 2 N–H and O–H groups in total. The van der Waals surface area contributed by atoms with Gasteiger partial charge in [0.25, 0.3) is 20.2 Å². The van der Waals surface area contributed by atoms with Crippen molar-refractivity contribution in [3.63, 3.8) is 0 Å². The standard InChI is InChI=1S/C22H21O9PS3/c1-2-3-11-20-21(12-6-13-22(20)35(29,30)31)32(16-7-4-9-18(14-16)33(23,24)25)17-8-5-10-19(15-17)34(26,27)28/h2-10,12-15H,11H2,1H3,(H,23,24,25)(H,26,27,28)(H,29,30,31)/q+1/p-1. The van der Waals surface area contributed by atoms with E-state index in [0.717, 1.165) is 0 Å². The van der Waals surface area contributed by atoms with Gasteiger partial charge in [0.1, 0.15) is 26.0 Å². The molecular weight excluding hydrogens is 535 g/mol. The SMILES string of the molecule is CC=CCc1c([P+](c2cccc(S(=O)(=O)O)c2)c2cccc(S(=O)(=O)O)c2)cccc1S(=O)(=O)[O-]. The number of hydrogen-bond donors (Lipinski definition) is 2. The monoisotopic (exact) mass is 555 g/mol. The third-order valence-electron chi connectivity index (χ3n) is 4.92. The molecule has 3 aromatic rings. The smallest absolute Gasteiger partial charge is 0.294 e. The molecule has 0 aliphatic heterocycles. The van der Waals surface area contributed by atoms with E-state index in [1.807, 2.05) is 0 Å². The van der Waals surface area contributed by atoms with Gasteiger partial charge in [0.05, 0.1) is 14.7 Å². The molecule has 3 aromatic carbocycles. The lowest BCUT2D eigenvalue weighted by atomic mass is 10.1. The zero-order chi connectivity index (χ0) is 26.0. The van der Waals surface area contributed by atoms with Crippen LogP contribution in [-0.4, -0.2) is 38.9 Å². The molecule has 0 aliphatic carbocycles. The summed E-state index contributed by atoms with van der Waals surface area (Å²) in [7, 11) is -15.9. The molecule has 0 aromatic heterocycles. The van der Waals surface area contributed by atoms with Gasteiger partial charge in [-0.25, -0.2) is 8.42 Å². The minimum atomic E-state index is -4.89. The van der Waals surface area contributed by atoms with Crippen LogP contribution < -0.4 is 15.9 Å². The van der Waals surface area contributed by atoms with Gasteiger partial charge in [0.2, 0.25) is 7.92 Å². The van der Waals surface area contributed by atoms with E-state index in [2.05, 4.69) is 0 Å². The van der Waals surface area contributed by atoms with Crippen LogP contribution in [0, 0.1) is 0 Å². The van der Waals surface area contributed by atoms with E-state index in [1.165, 1.54) is 60.7 Å². The zero-order valence-electron chi connectivity index (χ0n) is 18.1. The van der Waals surface area contributed by atoms with Crippen molar-refractivity contribution in [1.82, 2.24) is 0 Å². The summed E-state index contributed by atoms with van der Waals surface area (Å²) in [5.74, 6) is 0. The largest absolute Gasteiger partial charge is 0.744 e. The van der Waals surface area contributed by atoms with Crippen LogP contribution in [0.15, 0.2) is 93.6 Å². The Morgan fingerprint density at radius 3 is 1.71 bits per heavy atom. The van der Waals surface area contributed by atoms with Crippen LogP contribution in [0.4, 0.5) is 0 Å². The molecule has 0 aliphatic rings. The van der Waals surface area contributed by atoms with Gasteiger partial charge < -0.3 is 4.55 Å². The van der Waals surface area contributed by atoms with E-state index >= 15 is 0 Å². The molecule has 0 saturated carbocycles. The first-order valence-corrected chi connectivity index (χ1v) is 15.5. The molecule has 1 radical (unpaired) electrons. The maximum Gasteiger partial charge on any atom is 0.294 e. The normalized spacial score (nSPS) is 12.9. The van der Waals surface area contributed by atoms with Crippen molar-refractivity contribution >= 4 is 54.2 Å². The summed E-state index contributed by atoms with van der Waals surface area (Å²) in [4.78, 5) is -1.30. The van der Waals surface area contributed by atoms with Crippen LogP contribution in [0.5, 0.6) is 0 Å². The number of rotatable bonds is 8. The van der Waals surface area contributed by atoms with Gasteiger partial charge in [-0.05, 0) is 49.7 Å². The summed E-state index contributed by atoms with van der Waals surface area (Å²) in [6, 6.07) is 14.7. The summed E-state index contributed by atoms with van der Waals surface area (Å²) in [5.41, 5.74) is 0.168. The predicted octanol–water partition coefficient (Wildman–Crippen LogP) is 1.96. The first-order valence-electron chi connectivity index (χ1n) is 9.87. The van der Waals surface area contributed by atoms with Crippen molar-refractivity contribution in [3.05, 3.63) is 84.4 Å². The van der Waals surface area contributed by atoms with Gasteiger partial charge in [0.15, 0.2) is 0 Å². The van der Waals surface area contributed by atoms with Crippen LogP contribution in [0.3, 0.4) is 0 Å². The van der Waals surface area contributed by atoms with Crippen molar-refractivity contribution in [3.8, 4) is 0 Å². The Labute approximate surface area is 205 Å². The van der Waals surface area contributed by atoms with E-state index < -0.39 is 53.0 Å². The lowest BCUT2D eigenvalue weighted by Crippen LogP contribution is -2.26. The highest BCUT2D eigenvalue weighted by atomic mass is 32.2. The maximum absolute atomic E-state index is 12.0. The summed E-state index contributed by atoms with van der Waals surface area (Å²) in [6.07, 6.45) is 3.36. The summed E-state index contributed by atoms with van der Waals surface area (Å²) in [6.45, 7) is 1.71. The second-order valence-corrected chi connectivity index (χ2v) is 13.6. The quantitative estimate of drug-likeness (QED) is 0.240. The second-order valence-electron chi connectivity index (χ2n) is 7.26. The molecule has 185 valence electrons. The molecule has 35 heavy (non-hydrogen) atoms. The summed E-state index contributed by atoms with van der Waals surface area (Å²) < 4.78 is 102. The summed E-state index contributed by atoms with van der Waals surface area (Å²) >= 11 is 0. The predicted molar refractivity (Wildman–Crippen MR) is 131 cm³/mol. The molecule has 9 nitrogen and oxygen atoms in total. The molecule has 0 fully saturated rings. The number of benzene rings is 3. The summed E-state index contributed by atoms with van der Waals surface area (Å²) in [5, 5.41) is 1.00. The highest BCUT2D eigenvalue weighted by Gasteiger charge is 2.37. The Balaban J connectivity index is 2.44. The highest BCUT2D eigenvalue weighted by Crippen LogP contribution is 2.37.